The first-order valence-electron chi connectivity index (χ1n) is 5.45. The molecule has 0 saturated heterocycles. The molecule has 0 unspecified atom stereocenters. The van der Waals surface area contributed by atoms with Crippen molar-refractivity contribution in [1.29, 1.82) is 0 Å². The molecular formula is C13H8Cl2N2O3. The number of rotatable bonds is 3. The monoisotopic (exact) mass is 310 g/mol. The van der Waals surface area contributed by atoms with E-state index >= 15 is 0 Å². The van der Waals surface area contributed by atoms with Crippen molar-refractivity contribution in [1.82, 2.24) is 4.98 Å². The molecule has 0 aliphatic rings. The molecule has 0 atom stereocenters. The summed E-state index contributed by atoms with van der Waals surface area (Å²) in [5.41, 5.74) is -0.0184. The van der Waals surface area contributed by atoms with Crippen LogP contribution in [0, 0.1) is 0 Å². The van der Waals surface area contributed by atoms with E-state index in [-0.39, 0.29) is 27.1 Å². The number of hydrogen-bond donors (Lipinski definition) is 2. The summed E-state index contributed by atoms with van der Waals surface area (Å²) in [6.07, 6.45) is 0. The zero-order chi connectivity index (χ0) is 14.7. The molecule has 5 nitrogen and oxygen atoms in total. The maximum atomic E-state index is 12.0. The number of anilines is 1. The number of aromatic nitrogens is 1. The van der Waals surface area contributed by atoms with Crippen molar-refractivity contribution in [2.24, 2.45) is 0 Å². The Bertz CT molecular complexity index is 689. The van der Waals surface area contributed by atoms with Gasteiger partial charge in [-0.15, -0.1) is 0 Å². The quantitative estimate of drug-likeness (QED) is 0.852. The number of carbonyl (C=O) groups excluding carboxylic acids is 1. The normalized spacial score (nSPS) is 10.1. The Labute approximate surface area is 124 Å². The molecule has 0 radical (unpaired) electrons. The molecule has 0 aliphatic heterocycles. The van der Waals surface area contributed by atoms with Crippen molar-refractivity contribution in [2.45, 2.75) is 0 Å². The highest BCUT2D eigenvalue weighted by Gasteiger charge is 2.17. The third-order valence-corrected chi connectivity index (χ3v) is 2.96. The fraction of sp³-hybridized carbons (Fsp3) is 0. The molecule has 0 spiro atoms. The second kappa shape index (κ2) is 5.90. The number of amides is 1. The molecule has 102 valence electrons. The SMILES string of the molecule is O=C(Nc1c(Cl)cccc1C(=O)O)c1cccc(Cl)n1. The van der Waals surface area contributed by atoms with Gasteiger partial charge >= 0.3 is 5.97 Å². The van der Waals surface area contributed by atoms with E-state index in [2.05, 4.69) is 10.3 Å². The van der Waals surface area contributed by atoms with Crippen molar-refractivity contribution in [3.8, 4) is 0 Å². The van der Waals surface area contributed by atoms with E-state index in [1.807, 2.05) is 0 Å². The van der Waals surface area contributed by atoms with Crippen LogP contribution in [0.5, 0.6) is 0 Å². The predicted octanol–water partition coefficient (Wildman–Crippen LogP) is 3.34. The van der Waals surface area contributed by atoms with Crippen molar-refractivity contribution >= 4 is 40.8 Å². The van der Waals surface area contributed by atoms with E-state index in [1.54, 1.807) is 6.07 Å². The highest BCUT2D eigenvalue weighted by molar-refractivity contribution is 6.35. The number of nitrogens with one attached hydrogen (secondary N) is 1. The van der Waals surface area contributed by atoms with Crippen LogP contribution in [-0.2, 0) is 0 Å². The number of hydrogen-bond acceptors (Lipinski definition) is 3. The first-order valence-corrected chi connectivity index (χ1v) is 6.20. The summed E-state index contributed by atoms with van der Waals surface area (Å²) in [6, 6.07) is 8.85. The van der Waals surface area contributed by atoms with Gasteiger partial charge in [0.25, 0.3) is 5.91 Å². The van der Waals surface area contributed by atoms with Gasteiger partial charge in [-0.25, -0.2) is 9.78 Å². The zero-order valence-electron chi connectivity index (χ0n) is 9.93. The molecule has 1 aromatic heterocycles. The second-order valence-corrected chi connectivity index (χ2v) is 4.56. The zero-order valence-corrected chi connectivity index (χ0v) is 11.4. The van der Waals surface area contributed by atoms with Gasteiger partial charge in [0.2, 0.25) is 0 Å². The summed E-state index contributed by atoms with van der Waals surface area (Å²) in [5.74, 6) is -1.79. The first-order chi connectivity index (χ1) is 9.49. The Kier molecular flexibility index (Phi) is 4.22. The Hall–Kier alpha value is -2.11. The van der Waals surface area contributed by atoms with Crippen molar-refractivity contribution < 1.29 is 14.7 Å². The second-order valence-electron chi connectivity index (χ2n) is 3.77. The molecule has 1 aromatic carbocycles. The van der Waals surface area contributed by atoms with E-state index < -0.39 is 11.9 Å². The number of pyridine rings is 1. The van der Waals surface area contributed by atoms with Gasteiger partial charge in [-0.2, -0.15) is 0 Å². The van der Waals surface area contributed by atoms with Gasteiger partial charge in [0.1, 0.15) is 10.8 Å². The maximum absolute atomic E-state index is 12.0. The number of carbonyl (C=O) groups is 2. The minimum absolute atomic E-state index is 0.0217. The van der Waals surface area contributed by atoms with Gasteiger partial charge in [0, 0.05) is 0 Å². The van der Waals surface area contributed by atoms with Crippen LogP contribution >= 0.6 is 23.2 Å². The molecular weight excluding hydrogens is 303 g/mol. The molecule has 2 N–H and O–H groups in total. The van der Waals surface area contributed by atoms with Crippen LogP contribution in [0.25, 0.3) is 0 Å². The highest BCUT2D eigenvalue weighted by atomic mass is 35.5. The molecule has 2 rings (SSSR count). The molecule has 20 heavy (non-hydrogen) atoms. The third-order valence-electron chi connectivity index (χ3n) is 2.43. The van der Waals surface area contributed by atoms with Crippen molar-refractivity contribution in [3.05, 3.63) is 57.8 Å². The van der Waals surface area contributed by atoms with Crippen LogP contribution in [0.1, 0.15) is 20.8 Å². The number of nitrogens with zero attached hydrogens (tertiary/aromatic N) is 1. The van der Waals surface area contributed by atoms with Gasteiger partial charge < -0.3 is 10.4 Å². The fourth-order valence-electron chi connectivity index (χ4n) is 1.54. The van der Waals surface area contributed by atoms with E-state index in [4.69, 9.17) is 28.3 Å². The van der Waals surface area contributed by atoms with Gasteiger partial charge in [-0.3, -0.25) is 4.79 Å². The number of halogens is 2. The number of carboxylic acid groups (broad SMARTS) is 1. The van der Waals surface area contributed by atoms with E-state index in [0.29, 0.717) is 0 Å². The van der Waals surface area contributed by atoms with Crippen LogP contribution in [0.2, 0.25) is 10.2 Å². The topological polar surface area (TPSA) is 79.3 Å². The van der Waals surface area contributed by atoms with Crippen LogP contribution in [0.15, 0.2) is 36.4 Å². The predicted molar refractivity (Wildman–Crippen MR) is 75.6 cm³/mol. The molecule has 7 heteroatoms. The smallest absolute Gasteiger partial charge is 0.337 e. The minimum Gasteiger partial charge on any atom is -0.478 e. The standard InChI is InChI=1S/C13H8Cl2N2O3/c14-8-4-1-3-7(13(19)20)11(8)17-12(18)9-5-2-6-10(15)16-9/h1-6H,(H,17,18)(H,19,20). The number of aromatic carboxylic acids is 1. The van der Waals surface area contributed by atoms with Gasteiger partial charge in [-0.05, 0) is 24.3 Å². The lowest BCUT2D eigenvalue weighted by molar-refractivity contribution is 0.0698. The summed E-state index contributed by atoms with van der Waals surface area (Å²) < 4.78 is 0. The Morgan fingerprint density at radius 2 is 1.80 bits per heavy atom. The van der Waals surface area contributed by atoms with E-state index in [9.17, 15) is 9.59 Å². The largest absolute Gasteiger partial charge is 0.478 e. The fourth-order valence-corrected chi connectivity index (χ4v) is 1.93. The van der Waals surface area contributed by atoms with Crippen LogP contribution < -0.4 is 5.32 Å². The summed E-state index contributed by atoms with van der Waals surface area (Å²) in [7, 11) is 0. The summed E-state index contributed by atoms with van der Waals surface area (Å²) in [5, 5.41) is 11.8. The molecule has 1 heterocycles. The molecule has 0 aliphatic carbocycles. The average Bonchev–Trinajstić information content (AvgIpc) is 2.40. The summed E-state index contributed by atoms with van der Waals surface area (Å²) in [4.78, 5) is 26.9. The number of para-hydroxylation sites is 1. The Morgan fingerprint density at radius 3 is 2.45 bits per heavy atom. The summed E-state index contributed by atoms with van der Waals surface area (Å²) >= 11 is 11.6. The van der Waals surface area contributed by atoms with Crippen LogP contribution in [0.3, 0.4) is 0 Å². The maximum Gasteiger partial charge on any atom is 0.337 e. The molecule has 0 bridgehead atoms. The number of carboxylic acids is 1. The van der Waals surface area contributed by atoms with Gasteiger partial charge in [0.05, 0.1) is 16.3 Å². The third kappa shape index (κ3) is 3.07. The van der Waals surface area contributed by atoms with Gasteiger partial charge in [0.15, 0.2) is 0 Å². The minimum atomic E-state index is -1.19. The lowest BCUT2D eigenvalue weighted by atomic mass is 10.1. The average molecular weight is 311 g/mol. The molecule has 0 fully saturated rings. The van der Waals surface area contributed by atoms with Gasteiger partial charge in [-0.1, -0.05) is 35.3 Å². The van der Waals surface area contributed by atoms with Crippen molar-refractivity contribution in [2.75, 3.05) is 5.32 Å². The highest BCUT2D eigenvalue weighted by Crippen LogP contribution is 2.26. The molecule has 1 amide bonds. The molecule has 0 saturated carbocycles. The van der Waals surface area contributed by atoms with Crippen LogP contribution in [-0.4, -0.2) is 22.0 Å². The Morgan fingerprint density at radius 1 is 1.10 bits per heavy atom. The summed E-state index contributed by atoms with van der Waals surface area (Å²) in [6.45, 7) is 0. The lowest BCUT2D eigenvalue weighted by Gasteiger charge is -2.10. The Balaban J connectivity index is 2.35. The lowest BCUT2D eigenvalue weighted by Crippen LogP contribution is -2.16. The van der Waals surface area contributed by atoms with Crippen LogP contribution in [0.4, 0.5) is 5.69 Å². The number of benzene rings is 1. The van der Waals surface area contributed by atoms with E-state index in [1.165, 1.54) is 30.3 Å². The molecule has 2 aromatic rings. The van der Waals surface area contributed by atoms with E-state index in [0.717, 1.165) is 0 Å². The van der Waals surface area contributed by atoms with Crippen molar-refractivity contribution in [3.63, 3.8) is 0 Å². The first kappa shape index (κ1) is 14.3.